The van der Waals surface area contributed by atoms with Gasteiger partial charge in [0, 0.05) is 6.54 Å². The van der Waals surface area contributed by atoms with Crippen molar-refractivity contribution in [1.29, 1.82) is 0 Å². The van der Waals surface area contributed by atoms with Gasteiger partial charge in [-0.2, -0.15) is 17.7 Å². The minimum absolute atomic E-state index is 0.0109. The van der Waals surface area contributed by atoms with Gasteiger partial charge in [0.1, 0.15) is 12.4 Å². The van der Waals surface area contributed by atoms with Crippen molar-refractivity contribution in [2.24, 2.45) is 5.41 Å². The Bertz CT molecular complexity index is 335. The summed E-state index contributed by atoms with van der Waals surface area (Å²) in [6.07, 6.45) is 2.69. The van der Waals surface area contributed by atoms with Crippen molar-refractivity contribution in [3.8, 4) is 0 Å². The molecule has 0 unspecified atom stereocenters. The summed E-state index contributed by atoms with van der Waals surface area (Å²) in [6.45, 7) is 4.70. The predicted octanol–water partition coefficient (Wildman–Crippen LogP) is 1.75. The van der Waals surface area contributed by atoms with E-state index in [9.17, 15) is 10.1 Å². The number of nitrogens with zero attached hydrogens (tertiary/aromatic N) is 3. The van der Waals surface area contributed by atoms with Crippen LogP contribution in [0.1, 0.15) is 13.8 Å². The van der Waals surface area contributed by atoms with E-state index < -0.39 is 4.92 Å². The smallest absolute Gasteiger partial charge is 0.265 e. The molecule has 1 aromatic heterocycles. The van der Waals surface area contributed by atoms with Gasteiger partial charge in [0.05, 0.1) is 4.92 Å². The van der Waals surface area contributed by atoms with Crippen LogP contribution in [-0.2, 0) is 6.54 Å². The summed E-state index contributed by atoms with van der Waals surface area (Å²) in [6, 6.07) is 0. The third kappa shape index (κ3) is 2.73. The van der Waals surface area contributed by atoms with Gasteiger partial charge >= 0.3 is 5.69 Å². The number of thiol groups is 1. The summed E-state index contributed by atoms with van der Waals surface area (Å²) >= 11 is 4.20. The van der Waals surface area contributed by atoms with Crippen LogP contribution in [0.2, 0.25) is 0 Å². The molecule has 0 fully saturated rings. The molecule has 0 radical (unpaired) electrons. The first-order valence-electron chi connectivity index (χ1n) is 4.22. The first-order valence-corrected chi connectivity index (χ1v) is 4.85. The van der Waals surface area contributed by atoms with Crippen LogP contribution in [-0.4, -0.2) is 20.5 Å². The molecule has 0 bridgehead atoms. The Morgan fingerprint density at radius 3 is 2.79 bits per heavy atom. The second-order valence-corrected chi connectivity index (χ2v) is 4.29. The highest BCUT2D eigenvalue weighted by Gasteiger charge is 2.18. The van der Waals surface area contributed by atoms with E-state index in [0.29, 0.717) is 12.3 Å². The highest BCUT2D eigenvalue weighted by atomic mass is 32.1. The summed E-state index contributed by atoms with van der Waals surface area (Å²) in [4.78, 5) is 9.94. The Labute approximate surface area is 87.7 Å². The lowest BCUT2D eigenvalue weighted by Crippen LogP contribution is -2.21. The van der Waals surface area contributed by atoms with Crippen LogP contribution in [0.25, 0.3) is 0 Å². The molecule has 0 amide bonds. The lowest BCUT2D eigenvalue weighted by atomic mass is 9.97. The summed E-state index contributed by atoms with van der Waals surface area (Å²) < 4.78 is 1.58. The van der Waals surface area contributed by atoms with Gasteiger partial charge < -0.3 is 0 Å². The number of aromatic nitrogens is 2. The van der Waals surface area contributed by atoms with Crippen LogP contribution in [0, 0.1) is 15.5 Å². The first-order chi connectivity index (χ1) is 6.44. The first kappa shape index (κ1) is 11.0. The van der Waals surface area contributed by atoms with Gasteiger partial charge in [0.2, 0.25) is 0 Å². The van der Waals surface area contributed by atoms with Crippen molar-refractivity contribution in [3.05, 3.63) is 22.5 Å². The topological polar surface area (TPSA) is 61.0 Å². The number of hydrogen-bond acceptors (Lipinski definition) is 4. The maximum absolute atomic E-state index is 10.4. The van der Waals surface area contributed by atoms with Crippen molar-refractivity contribution in [2.45, 2.75) is 20.4 Å². The predicted molar refractivity (Wildman–Crippen MR) is 56.5 cm³/mol. The Balaban J connectivity index is 2.73. The SMILES string of the molecule is CC(C)(CS)Cn1cc([N+](=O)[O-])cn1. The molecule has 78 valence electrons. The van der Waals surface area contributed by atoms with Crippen molar-refractivity contribution in [3.63, 3.8) is 0 Å². The quantitative estimate of drug-likeness (QED) is 0.473. The van der Waals surface area contributed by atoms with E-state index in [1.807, 2.05) is 13.8 Å². The maximum Gasteiger partial charge on any atom is 0.306 e. The second kappa shape index (κ2) is 4.00. The summed E-state index contributed by atoms with van der Waals surface area (Å²) in [7, 11) is 0. The largest absolute Gasteiger partial charge is 0.306 e. The fraction of sp³-hybridized carbons (Fsp3) is 0.625. The van der Waals surface area contributed by atoms with Gasteiger partial charge in [0.25, 0.3) is 0 Å². The molecule has 0 saturated carbocycles. The van der Waals surface area contributed by atoms with E-state index in [1.165, 1.54) is 12.4 Å². The fourth-order valence-corrected chi connectivity index (χ4v) is 1.12. The van der Waals surface area contributed by atoms with Crippen LogP contribution in [0.15, 0.2) is 12.4 Å². The van der Waals surface area contributed by atoms with Crippen LogP contribution in [0.5, 0.6) is 0 Å². The van der Waals surface area contributed by atoms with Crippen LogP contribution >= 0.6 is 12.6 Å². The molecular weight excluding hydrogens is 202 g/mol. The van der Waals surface area contributed by atoms with E-state index in [1.54, 1.807) is 4.68 Å². The van der Waals surface area contributed by atoms with Crippen LogP contribution < -0.4 is 0 Å². The molecule has 6 heteroatoms. The van der Waals surface area contributed by atoms with Gasteiger partial charge in [-0.1, -0.05) is 13.8 Å². The lowest BCUT2D eigenvalue weighted by Gasteiger charge is -2.21. The molecule has 0 saturated heterocycles. The molecule has 0 aliphatic carbocycles. The highest BCUT2D eigenvalue weighted by Crippen LogP contribution is 2.20. The zero-order valence-corrected chi connectivity index (χ0v) is 9.07. The molecule has 0 N–H and O–H groups in total. The fourth-order valence-electron chi connectivity index (χ4n) is 1.02. The van der Waals surface area contributed by atoms with E-state index >= 15 is 0 Å². The minimum atomic E-state index is -0.447. The molecule has 0 spiro atoms. The molecular formula is C8H13N3O2S. The summed E-state index contributed by atoms with van der Waals surface area (Å²) in [5.74, 6) is 0.709. The van der Waals surface area contributed by atoms with Gasteiger partial charge in [-0.3, -0.25) is 14.8 Å². The van der Waals surface area contributed by atoms with Gasteiger partial charge in [-0.15, -0.1) is 0 Å². The van der Waals surface area contributed by atoms with E-state index in [4.69, 9.17) is 0 Å². The number of hydrogen-bond donors (Lipinski definition) is 1. The lowest BCUT2D eigenvalue weighted by molar-refractivity contribution is -0.385. The minimum Gasteiger partial charge on any atom is -0.265 e. The number of rotatable bonds is 4. The van der Waals surface area contributed by atoms with Crippen LogP contribution in [0.4, 0.5) is 5.69 Å². The van der Waals surface area contributed by atoms with Crippen molar-refractivity contribution < 1.29 is 4.92 Å². The normalized spacial score (nSPS) is 11.6. The molecule has 1 aromatic rings. The molecule has 0 aliphatic rings. The molecule has 1 rings (SSSR count). The third-order valence-electron chi connectivity index (χ3n) is 1.85. The zero-order valence-electron chi connectivity index (χ0n) is 8.17. The Hall–Kier alpha value is -1.04. The van der Waals surface area contributed by atoms with Crippen molar-refractivity contribution >= 4 is 18.3 Å². The molecule has 5 nitrogen and oxygen atoms in total. The molecule has 14 heavy (non-hydrogen) atoms. The van der Waals surface area contributed by atoms with E-state index in [-0.39, 0.29) is 11.1 Å². The highest BCUT2D eigenvalue weighted by molar-refractivity contribution is 7.80. The zero-order chi connectivity index (χ0) is 10.8. The third-order valence-corrected chi connectivity index (χ3v) is 2.70. The maximum atomic E-state index is 10.4. The Morgan fingerprint density at radius 2 is 2.36 bits per heavy atom. The molecule has 1 heterocycles. The second-order valence-electron chi connectivity index (χ2n) is 3.98. The Morgan fingerprint density at radius 1 is 1.71 bits per heavy atom. The monoisotopic (exact) mass is 215 g/mol. The van der Waals surface area contributed by atoms with Gasteiger partial charge in [-0.25, -0.2) is 0 Å². The summed E-state index contributed by atoms with van der Waals surface area (Å²) in [5, 5.41) is 14.3. The standard InChI is InChI=1S/C8H13N3O2S/c1-8(2,6-14)5-10-4-7(3-9-10)11(12)13/h3-4,14H,5-6H2,1-2H3. The summed E-state index contributed by atoms with van der Waals surface area (Å²) in [5.41, 5.74) is 0.0168. The molecule has 0 aliphatic heterocycles. The van der Waals surface area contributed by atoms with E-state index in [2.05, 4.69) is 17.7 Å². The van der Waals surface area contributed by atoms with Crippen LogP contribution in [0.3, 0.4) is 0 Å². The number of nitro groups is 1. The van der Waals surface area contributed by atoms with Crippen molar-refractivity contribution in [1.82, 2.24) is 9.78 Å². The molecule has 0 aromatic carbocycles. The van der Waals surface area contributed by atoms with Crippen molar-refractivity contribution in [2.75, 3.05) is 5.75 Å². The van der Waals surface area contributed by atoms with E-state index in [0.717, 1.165) is 0 Å². The molecule has 0 atom stereocenters. The Kier molecular flexibility index (Phi) is 3.15. The average molecular weight is 215 g/mol. The van der Waals surface area contributed by atoms with Gasteiger partial charge in [0.15, 0.2) is 0 Å². The van der Waals surface area contributed by atoms with Gasteiger partial charge in [-0.05, 0) is 11.2 Å². The average Bonchev–Trinajstić information content (AvgIpc) is 2.52.